The zero-order valence-electron chi connectivity index (χ0n) is 13.5. The van der Waals surface area contributed by atoms with Crippen LogP contribution in [0.1, 0.15) is 7.65 Å². The van der Waals surface area contributed by atoms with Crippen molar-refractivity contribution in [2.45, 2.75) is 24.5 Å². The van der Waals surface area contributed by atoms with Gasteiger partial charge in [-0.2, -0.15) is 0 Å². The van der Waals surface area contributed by atoms with E-state index in [2.05, 4.69) is 19.5 Å². The predicted octanol–water partition coefficient (Wildman–Crippen LogP) is -4.75. The Hall–Kier alpha value is -0.0236. The summed E-state index contributed by atoms with van der Waals surface area (Å²) in [7, 11) is -4.72. The molecular weight excluding hydrogens is 372 g/mol. The van der Waals surface area contributed by atoms with Crippen molar-refractivity contribution in [3.8, 4) is 0 Å². The van der Waals surface area contributed by atoms with Crippen molar-refractivity contribution in [2.24, 2.45) is 0 Å². The van der Waals surface area contributed by atoms with Crippen LogP contribution in [0.5, 0.6) is 0 Å². The molecule has 4 atom stereocenters. The van der Waals surface area contributed by atoms with Gasteiger partial charge in [0.1, 0.15) is 30.2 Å². The van der Waals surface area contributed by atoms with Gasteiger partial charge in [-0.05, 0) is 0 Å². The molecule has 24 heavy (non-hydrogen) atoms. The number of fused-ring (bicyclic) bond motifs is 1. The molecule has 0 aromatic carbocycles. The fourth-order valence-electron chi connectivity index (χ4n) is 2.32. The summed E-state index contributed by atoms with van der Waals surface area (Å²) >= 11 is 0. The fraction of sp³-hybridized carbons (Fsp3) is 0.500. The molecule has 128 valence electrons. The van der Waals surface area contributed by atoms with E-state index in [1.54, 1.807) is 0 Å². The zero-order valence-corrected chi connectivity index (χ0v) is 16.5. The predicted molar refractivity (Wildman–Crippen MR) is 74.8 cm³/mol. The van der Waals surface area contributed by atoms with E-state index in [1.165, 1.54) is 17.2 Å². The monoisotopic (exact) mass is 387 g/mol. The average Bonchev–Trinajstić information content (AvgIpc) is 3.01. The molecule has 0 amide bonds. The molecule has 0 aliphatic carbocycles. The van der Waals surface area contributed by atoms with Gasteiger partial charge in [-0.1, -0.05) is 0 Å². The third-order valence-electron chi connectivity index (χ3n) is 3.41. The molecule has 1 saturated heterocycles. The Bertz CT molecular complexity index is 775. The quantitative estimate of drug-likeness (QED) is 0.250. The second-order valence-corrected chi connectivity index (χ2v) is 6.15. The van der Waals surface area contributed by atoms with Crippen molar-refractivity contribution in [2.75, 3.05) is 12.3 Å². The number of nitrogen functional groups attached to an aromatic ring is 1. The van der Waals surface area contributed by atoms with Gasteiger partial charge in [-0.15, -0.1) is 0 Å². The molecule has 0 bridgehead atoms. The topological polar surface area (TPSA) is 186 Å². The van der Waals surface area contributed by atoms with Gasteiger partial charge in [0.15, 0.2) is 17.7 Å². The van der Waals surface area contributed by atoms with Gasteiger partial charge in [0, 0.05) is 0 Å². The Morgan fingerprint density at radius 3 is 2.71 bits per heavy atom. The van der Waals surface area contributed by atoms with Crippen molar-refractivity contribution in [1.82, 2.24) is 19.5 Å². The van der Waals surface area contributed by atoms with Crippen LogP contribution in [0.3, 0.4) is 0 Å². The van der Waals surface area contributed by atoms with Gasteiger partial charge in [0.25, 0.3) is 0 Å². The molecule has 0 radical (unpaired) electrons. The van der Waals surface area contributed by atoms with Gasteiger partial charge < -0.3 is 31.9 Å². The number of ether oxygens (including phenoxy) is 1. The molecule has 1 aliphatic heterocycles. The van der Waals surface area contributed by atoms with E-state index in [1.807, 2.05) is 0 Å². The normalized spacial score (nSPS) is 27.3. The molecule has 2 aromatic heterocycles. The number of anilines is 1. The first-order valence-electron chi connectivity index (χ1n) is 6.42. The fourth-order valence-corrected chi connectivity index (χ4v) is 2.66. The summed E-state index contributed by atoms with van der Waals surface area (Å²) < 4.78 is 21.8. The van der Waals surface area contributed by atoms with Gasteiger partial charge in [-0.3, -0.25) is 9.09 Å². The maximum Gasteiger partial charge on any atom is 1.00 e. The Kier molecular flexibility index (Phi) is 6.50. The molecule has 12 nitrogen and oxygen atoms in total. The van der Waals surface area contributed by atoms with Crippen molar-refractivity contribution in [3.63, 3.8) is 0 Å². The number of aliphatic hydroxyl groups excluding tert-OH is 2. The van der Waals surface area contributed by atoms with Crippen molar-refractivity contribution in [3.05, 3.63) is 12.7 Å². The van der Waals surface area contributed by atoms with E-state index in [0.717, 1.165) is 0 Å². The number of rotatable bonds is 4. The Morgan fingerprint density at radius 1 is 1.33 bits per heavy atom. The van der Waals surface area contributed by atoms with Crippen LogP contribution in [0.15, 0.2) is 12.7 Å². The number of hydrogen-bond donors (Lipinski definition) is 5. The van der Waals surface area contributed by atoms with E-state index in [4.69, 9.17) is 20.3 Å². The number of phosphoric acid groups is 1. The molecule has 1 aliphatic rings. The van der Waals surface area contributed by atoms with E-state index < -0.39 is 39.0 Å². The summed E-state index contributed by atoms with van der Waals surface area (Å²) in [5.41, 5.74) is 6.25. The maximum atomic E-state index is 10.7. The molecule has 3 rings (SSSR count). The molecule has 0 saturated carbocycles. The van der Waals surface area contributed by atoms with E-state index >= 15 is 0 Å². The molecule has 3 heterocycles. The first kappa shape index (κ1) is 20.3. The number of hydrogen-bond acceptors (Lipinski definition) is 9. The van der Waals surface area contributed by atoms with Crippen molar-refractivity contribution >= 4 is 24.8 Å². The summed E-state index contributed by atoms with van der Waals surface area (Å²) in [6.07, 6.45) is -2.49. The zero-order chi connectivity index (χ0) is 16.8. The average molecular weight is 387 g/mol. The number of nitrogens with two attached hydrogens (primary N) is 1. The number of aromatic nitrogens is 4. The molecule has 6 N–H and O–H groups in total. The number of nitrogens with zero attached hydrogens (tertiary/aromatic N) is 4. The minimum atomic E-state index is -4.72. The molecule has 0 spiro atoms. The Labute approximate surface area is 179 Å². The number of phosphoric ester groups is 1. The van der Waals surface area contributed by atoms with Crippen LogP contribution in [-0.2, 0) is 13.8 Å². The first-order chi connectivity index (χ1) is 10.8. The van der Waals surface area contributed by atoms with Crippen LogP contribution in [-0.4, -0.2) is 64.4 Å². The molecule has 0 unspecified atom stereocenters. The van der Waals surface area contributed by atoms with Crippen LogP contribution in [0.2, 0.25) is 0 Å². The Morgan fingerprint density at radius 2 is 2.04 bits per heavy atom. The van der Waals surface area contributed by atoms with Gasteiger partial charge in [-0.25, -0.2) is 19.5 Å². The summed E-state index contributed by atoms with van der Waals surface area (Å²) in [5.74, 6) is 0.142. The third-order valence-corrected chi connectivity index (χ3v) is 3.89. The molecule has 1 fully saturated rings. The minimum Gasteiger partial charge on any atom is -1.00 e. The number of imidazole rings is 1. The van der Waals surface area contributed by atoms with Crippen LogP contribution < -0.4 is 57.1 Å². The SMILES string of the molecule is Nc1ncnc2c1ncn2[C@@H]1O[C@H](COP(=O)(O)O)[C@@H](O)[C@H]1O.[H-].[K+]. The first-order valence-corrected chi connectivity index (χ1v) is 7.95. The minimum absolute atomic E-state index is 0. The van der Waals surface area contributed by atoms with Gasteiger partial charge >= 0.3 is 59.2 Å². The summed E-state index contributed by atoms with van der Waals surface area (Å²) in [4.78, 5) is 29.2. The van der Waals surface area contributed by atoms with Gasteiger partial charge in [0.05, 0.1) is 12.9 Å². The summed E-state index contributed by atoms with van der Waals surface area (Å²) in [5, 5.41) is 20.1. The van der Waals surface area contributed by atoms with E-state index in [0.29, 0.717) is 5.52 Å². The standard InChI is InChI=1S/C10H14N5O7P.K.H/c11-8-5-9(13-2-12-8)15(3-14-5)10-7(17)6(16)4(22-10)1-21-23(18,19)20;;/h2-4,6-7,10,16-17H,1H2,(H2,11,12,13)(H2,18,19,20);;/q;+1;-1/t4-,6-,7-,10-;;/m1../s1. The largest absolute Gasteiger partial charge is 1.00 e. The van der Waals surface area contributed by atoms with E-state index in [9.17, 15) is 14.8 Å². The van der Waals surface area contributed by atoms with Crippen molar-refractivity contribution < 1.29 is 86.6 Å². The van der Waals surface area contributed by atoms with Crippen LogP contribution in [0.25, 0.3) is 11.2 Å². The van der Waals surface area contributed by atoms with Crippen LogP contribution in [0.4, 0.5) is 5.82 Å². The number of aliphatic hydroxyl groups is 2. The summed E-state index contributed by atoms with van der Waals surface area (Å²) in [6.45, 7) is -0.594. The summed E-state index contributed by atoms with van der Waals surface area (Å²) in [6, 6.07) is 0. The molecular formula is C10H15KN5O7P. The van der Waals surface area contributed by atoms with Crippen LogP contribution >= 0.6 is 7.82 Å². The second-order valence-electron chi connectivity index (χ2n) is 4.92. The van der Waals surface area contributed by atoms with Crippen LogP contribution in [0, 0.1) is 0 Å². The van der Waals surface area contributed by atoms with Gasteiger partial charge in [0.2, 0.25) is 0 Å². The smallest absolute Gasteiger partial charge is 1.00 e. The molecule has 14 heteroatoms. The van der Waals surface area contributed by atoms with E-state index in [-0.39, 0.29) is 64.3 Å². The van der Waals surface area contributed by atoms with Crippen molar-refractivity contribution in [1.29, 1.82) is 0 Å². The maximum absolute atomic E-state index is 10.7. The molecule has 2 aromatic rings. The Balaban J connectivity index is 0.00000156. The second kappa shape index (κ2) is 7.69. The third kappa shape index (κ3) is 4.03.